The lowest BCUT2D eigenvalue weighted by atomic mass is 10.0. The fraction of sp³-hybridized carbons (Fsp3) is 0.667. The summed E-state index contributed by atoms with van der Waals surface area (Å²) in [6.07, 6.45) is 2.21. The highest BCUT2D eigenvalue weighted by atomic mass is 32.2. The van der Waals surface area contributed by atoms with Crippen LogP contribution in [-0.4, -0.2) is 21.3 Å². The number of aliphatic hydroxyl groups is 2. The summed E-state index contributed by atoms with van der Waals surface area (Å²) < 4.78 is 0. The molecule has 1 aliphatic rings. The van der Waals surface area contributed by atoms with E-state index in [1.807, 2.05) is 6.92 Å². The van der Waals surface area contributed by atoms with Crippen LogP contribution >= 0.6 is 11.8 Å². The normalized spacial score (nSPS) is 41.9. The first-order valence-corrected chi connectivity index (χ1v) is 3.87. The second kappa shape index (κ2) is 2.33. The monoisotopic (exact) mass is 146 g/mol. The van der Waals surface area contributed by atoms with Crippen LogP contribution in [0.5, 0.6) is 0 Å². The highest BCUT2D eigenvalue weighted by molar-refractivity contribution is 8.02. The van der Waals surface area contributed by atoms with Crippen LogP contribution in [0.25, 0.3) is 0 Å². The molecule has 2 atom stereocenters. The van der Waals surface area contributed by atoms with E-state index in [2.05, 4.69) is 0 Å². The molecule has 9 heavy (non-hydrogen) atoms. The smallest absolute Gasteiger partial charge is 0.135 e. The minimum absolute atomic E-state index is 0.567. The zero-order valence-corrected chi connectivity index (χ0v) is 6.06. The minimum atomic E-state index is -0.968. The Morgan fingerprint density at radius 2 is 2.44 bits per heavy atom. The Labute approximate surface area is 58.6 Å². The molecule has 0 radical (unpaired) electrons. The summed E-state index contributed by atoms with van der Waals surface area (Å²) in [5.74, 6) is 0. The van der Waals surface area contributed by atoms with E-state index in [0.717, 1.165) is 0 Å². The molecule has 2 N–H and O–H groups in total. The standard InChI is InChI=1S/C6H10O2S/c1-2-6(8)3-4-9-5(6)7/h3-5,7-8H,2H2,1H3. The molecule has 0 aromatic heterocycles. The van der Waals surface area contributed by atoms with Gasteiger partial charge in [0.2, 0.25) is 0 Å². The molecule has 3 heteroatoms. The van der Waals surface area contributed by atoms with Crippen molar-refractivity contribution >= 4 is 11.8 Å². The van der Waals surface area contributed by atoms with Gasteiger partial charge in [0, 0.05) is 0 Å². The molecule has 0 amide bonds. The van der Waals surface area contributed by atoms with Gasteiger partial charge in [0.1, 0.15) is 11.0 Å². The summed E-state index contributed by atoms with van der Waals surface area (Å²) in [6.45, 7) is 1.85. The van der Waals surface area contributed by atoms with Crippen molar-refractivity contribution < 1.29 is 10.2 Å². The maximum atomic E-state index is 9.41. The van der Waals surface area contributed by atoms with Crippen LogP contribution in [0.15, 0.2) is 11.5 Å². The molecule has 2 nitrogen and oxygen atoms in total. The van der Waals surface area contributed by atoms with Crippen molar-refractivity contribution in [1.29, 1.82) is 0 Å². The molecule has 2 unspecified atom stereocenters. The second-order valence-corrected chi connectivity index (χ2v) is 3.13. The van der Waals surface area contributed by atoms with Crippen LogP contribution in [0.1, 0.15) is 13.3 Å². The second-order valence-electron chi connectivity index (χ2n) is 2.14. The van der Waals surface area contributed by atoms with Crippen LogP contribution in [0.4, 0.5) is 0 Å². The summed E-state index contributed by atoms with van der Waals surface area (Å²) in [6, 6.07) is 0. The third-order valence-electron chi connectivity index (χ3n) is 1.56. The number of rotatable bonds is 1. The molecular weight excluding hydrogens is 136 g/mol. The van der Waals surface area contributed by atoms with E-state index < -0.39 is 11.0 Å². The van der Waals surface area contributed by atoms with E-state index in [9.17, 15) is 5.11 Å². The van der Waals surface area contributed by atoms with Gasteiger partial charge >= 0.3 is 0 Å². The van der Waals surface area contributed by atoms with Crippen molar-refractivity contribution in [2.75, 3.05) is 0 Å². The Bertz CT molecular complexity index is 135. The molecule has 0 saturated carbocycles. The van der Waals surface area contributed by atoms with Crippen molar-refractivity contribution in [1.82, 2.24) is 0 Å². The van der Waals surface area contributed by atoms with Crippen molar-refractivity contribution in [3.63, 3.8) is 0 Å². The maximum absolute atomic E-state index is 9.41. The number of thioether (sulfide) groups is 1. The van der Waals surface area contributed by atoms with Gasteiger partial charge in [-0.3, -0.25) is 0 Å². The third kappa shape index (κ3) is 1.13. The molecule has 0 bridgehead atoms. The van der Waals surface area contributed by atoms with E-state index in [-0.39, 0.29) is 0 Å². The van der Waals surface area contributed by atoms with Gasteiger partial charge < -0.3 is 10.2 Å². The van der Waals surface area contributed by atoms with Crippen LogP contribution in [0.2, 0.25) is 0 Å². The molecule has 0 aromatic carbocycles. The first-order valence-electron chi connectivity index (χ1n) is 2.92. The Balaban J connectivity index is 2.66. The largest absolute Gasteiger partial charge is 0.382 e. The molecule has 0 aliphatic carbocycles. The first-order chi connectivity index (χ1) is 4.19. The third-order valence-corrected chi connectivity index (χ3v) is 2.52. The van der Waals surface area contributed by atoms with Gasteiger partial charge in [-0.2, -0.15) is 0 Å². The van der Waals surface area contributed by atoms with Crippen molar-refractivity contribution in [2.24, 2.45) is 0 Å². The molecule has 0 fully saturated rings. The summed E-state index contributed by atoms with van der Waals surface area (Å²) in [5.41, 5.74) is -1.63. The van der Waals surface area contributed by atoms with E-state index in [0.29, 0.717) is 6.42 Å². The van der Waals surface area contributed by atoms with Gasteiger partial charge in [0.25, 0.3) is 0 Å². The zero-order valence-electron chi connectivity index (χ0n) is 5.24. The number of aliphatic hydroxyl groups excluding tert-OH is 1. The van der Waals surface area contributed by atoms with Gasteiger partial charge in [0.15, 0.2) is 0 Å². The lowest BCUT2D eigenvalue weighted by Gasteiger charge is -2.21. The van der Waals surface area contributed by atoms with Gasteiger partial charge in [-0.1, -0.05) is 18.7 Å². The first kappa shape index (κ1) is 7.12. The van der Waals surface area contributed by atoms with Crippen LogP contribution < -0.4 is 0 Å². The van der Waals surface area contributed by atoms with Gasteiger partial charge in [-0.15, -0.1) is 0 Å². The molecular formula is C6H10O2S. The molecule has 0 spiro atoms. The van der Waals surface area contributed by atoms with Gasteiger partial charge in [0.05, 0.1) is 0 Å². The predicted molar refractivity (Wildman–Crippen MR) is 38.0 cm³/mol. The Hall–Kier alpha value is 0.01000. The fourth-order valence-electron chi connectivity index (χ4n) is 0.724. The number of hydrogen-bond acceptors (Lipinski definition) is 3. The minimum Gasteiger partial charge on any atom is -0.382 e. The average molecular weight is 146 g/mol. The summed E-state index contributed by atoms with van der Waals surface area (Å²) in [4.78, 5) is 0. The predicted octanol–water partition coefficient (Wildman–Crippen LogP) is 0.706. The Morgan fingerprint density at radius 3 is 2.67 bits per heavy atom. The maximum Gasteiger partial charge on any atom is 0.135 e. The zero-order chi connectivity index (χ0) is 6.91. The number of hydrogen-bond donors (Lipinski definition) is 2. The van der Waals surface area contributed by atoms with E-state index in [1.165, 1.54) is 11.8 Å². The molecule has 0 saturated heterocycles. The molecule has 0 aromatic rings. The molecule has 1 rings (SSSR count). The van der Waals surface area contributed by atoms with Crippen LogP contribution in [0, 0.1) is 0 Å². The van der Waals surface area contributed by atoms with Crippen LogP contribution in [0.3, 0.4) is 0 Å². The highest BCUT2D eigenvalue weighted by Crippen LogP contribution is 2.33. The SMILES string of the molecule is CCC1(O)C=CSC1O. The van der Waals surface area contributed by atoms with E-state index in [1.54, 1.807) is 11.5 Å². The Morgan fingerprint density at radius 1 is 1.78 bits per heavy atom. The average Bonchev–Trinajstić information content (AvgIpc) is 2.15. The van der Waals surface area contributed by atoms with E-state index in [4.69, 9.17) is 5.11 Å². The molecule has 52 valence electrons. The van der Waals surface area contributed by atoms with Crippen molar-refractivity contribution in [3.05, 3.63) is 11.5 Å². The lowest BCUT2D eigenvalue weighted by Crippen LogP contribution is -2.34. The quantitative estimate of drug-likeness (QED) is 0.572. The van der Waals surface area contributed by atoms with Gasteiger partial charge in [-0.25, -0.2) is 0 Å². The van der Waals surface area contributed by atoms with E-state index >= 15 is 0 Å². The fourth-order valence-corrected chi connectivity index (χ4v) is 1.67. The summed E-state index contributed by atoms with van der Waals surface area (Å²) in [5, 5.41) is 20.2. The topological polar surface area (TPSA) is 40.5 Å². The lowest BCUT2D eigenvalue weighted by molar-refractivity contribution is 0.00840. The van der Waals surface area contributed by atoms with Crippen molar-refractivity contribution in [3.8, 4) is 0 Å². The van der Waals surface area contributed by atoms with Gasteiger partial charge in [-0.05, 0) is 17.9 Å². The summed E-state index contributed by atoms with van der Waals surface area (Å²) in [7, 11) is 0. The highest BCUT2D eigenvalue weighted by Gasteiger charge is 2.34. The Kier molecular flexibility index (Phi) is 1.84. The molecule has 1 aliphatic heterocycles. The van der Waals surface area contributed by atoms with Crippen LogP contribution in [-0.2, 0) is 0 Å². The van der Waals surface area contributed by atoms with Crippen molar-refractivity contribution in [2.45, 2.75) is 24.4 Å². The summed E-state index contributed by atoms with van der Waals surface area (Å²) >= 11 is 1.25. The molecule has 1 heterocycles.